The van der Waals surface area contributed by atoms with Gasteiger partial charge in [-0.25, -0.2) is 0 Å². The minimum Gasteiger partial charge on any atom is -0.357 e. The summed E-state index contributed by atoms with van der Waals surface area (Å²) in [5, 5.41) is 4.51. The number of nitrogens with zero attached hydrogens (tertiary/aromatic N) is 1. The molecule has 160 valence electrons. The number of fused-ring (bicyclic) bond motifs is 5. The fourth-order valence-corrected chi connectivity index (χ4v) is 6.40. The minimum absolute atomic E-state index is 0.0302. The molecule has 0 saturated heterocycles. The summed E-state index contributed by atoms with van der Waals surface area (Å²) in [4.78, 5) is 30.7. The number of nitrogens with one attached hydrogen (secondary N) is 2. The van der Waals surface area contributed by atoms with Crippen molar-refractivity contribution in [2.75, 3.05) is 6.54 Å². The van der Waals surface area contributed by atoms with E-state index in [0.717, 1.165) is 36.5 Å². The van der Waals surface area contributed by atoms with Gasteiger partial charge in [0.15, 0.2) is 0 Å². The van der Waals surface area contributed by atoms with Crippen LogP contribution in [0.25, 0.3) is 10.9 Å². The van der Waals surface area contributed by atoms with E-state index in [2.05, 4.69) is 49.3 Å². The average Bonchev–Trinajstić information content (AvgIpc) is 3.10. The SMILES string of the molecule is C[C@@H]1[C@H]2C[C@@H](C[C@H]1NC(=O)CCC(=O)N1CCc3c([nH]c4ccccc34)C1)C2(C)C. The Hall–Kier alpha value is -2.30. The quantitative estimate of drug-likeness (QED) is 0.804. The normalized spacial score (nSPS) is 29.2. The van der Waals surface area contributed by atoms with Crippen molar-refractivity contribution in [1.82, 2.24) is 15.2 Å². The zero-order chi connectivity index (χ0) is 21.0. The molecule has 3 saturated carbocycles. The highest BCUT2D eigenvalue weighted by atomic mass is 16.2. The second kappa shape index (κ2) is 7.14. The Balaban J connectivity index is 1.14. The number of benzene rings is 1. The maximum absolute atomic E-state index is 12.8. The van der Waals surface area contributed by atoms with Crippen LogP contribution in [0.1, 0.15) is 57.7 Å². The van der Waals surface area contributed by atoms with E-state index in [9.17, 15) is 9.59 Å². The van der Waals surface area contributed by atoms with Gasteiger partial charge in [-0.15, -0.1) is 0 Å². The van der Waals surface area contributed by atoms with Gasteiger partial charge >= 0.3 is 0 Å². The molecular formula is C25H33N3O2. The summed E-state index contributed by atoms with van der Waals surface area (Å²) in [7, 11) is 0. The molecule has 0 spiro atoms. The molecule has 5 heteroatoms. The van der Waals surface area contributed by atoms with Crippen LogP contribution >= 0.6 is 0 Å². The van der Waals surface area contributed by atoms with Crippen molar-refractivity contribution in [3.63, 3.8) is 0 Å². The molecule has 4 atom stereocenters. The van der Waals surface area contributed by atoms with E-state index in [1.54, 1.807) is 0 Å². The zero-order valence-corrected chi connectivity index (χ0v) is 18.3. The lowest BCUT2D eigenvalue weighted by atomic mass is 9.45. The van der Waals surface area contributed by atoms with Crippen molar-refractivity contribution in [3.8, 4) is 0 Å². The van der Waals surface area contributed by atoms with Crippen LogP contribution in [0.5, 0.6) is 0 Å². The first kappa shape index (κ1) is 19.7. The lowest BCUT2D eigenvalue weighted by Gasteiger charge is -2.62. The van der Waals surface area contributed by atoms with Crippen molar-refractivity contribution in [2.45, 2.75) is 65.5 Å². The summed E-state index contributed by atoms with van der Waals surface area (Å²) in [6.07, 6.45) is 3.84. The minimum atomic E-state index is 0.0302. The Bertz CT molecular complexity index is 991. The molecule has 1 aromatic carbocycles. The number of hydrogen-bond donors (Lipinski definition) is 2. The molecule has 2 aromatic rings. The van der Waals surface area contributed by atoms with Gasteiger partial charge in [0.25, 0.3) is 0 Å². The zero-order valence-electron chi connectivity index (χ0n) is 18.3. The molecular weight excluding hydrogens is 374 g/mol. The summed E-state index contributed by atoms with van der Waals surface area (Å²) >= 11 is 0. The van der Waals surface area contributed by atoms with E-state index in [1.807, 2.05) is 11.0 Å². The highest BCUT2D eigenvalue weighted by molar-refractivity contribution is 5.87. The molecule has 0 unspecified atom stereocenters. The molecule has 0 radical (unpaired) electrons. The maximum atomic E-state index is 12.8. The van der Waals surface area contributed by atoms with Crippen LogP contribution < -0.4 is 5.32 Å². The number of carbonyl (C=O) groups excluding carboxylic acids is 2. The summed E-state index contributed by atoms with van der Waals surface area (Å²) < 4.78 is 0. The molecule has 2 N–H and O–H groups in total. The first-order chi connectivity index (χ1) is 14.3. The summed E-state index contributed by atoms with van der Waals surface area (Å²) in [5.41, 5.74) is 4.03. The lowest BCUT2D eigenvalue weighted by Crippen LogP contribution is -2.60. The van der Waals surface area contributed by atoms with E-state index in [-0.39, 0.29) is 24.3 Å². The molecule has 2 bridgehead atoms. The summed E-state index contributed by atoms with van der Waals surface area (Å²) in [6.45, 7) is 8.37. The summed E-state index contributed by atoms with van der Waals surface area (Å²) in [5.74, 6) is 2.07. The van der Waals surface area contributed by atoms with Crippen molar-refractivity contribution in [2.24, 2.45) is 23.2 Å². The van der Waals surface area contributed by atoms with Crippen molar-refractivity contribution in [1.29, 1.82) is 0 Å². The molecule has 3 fully saturated rings. The van der Waals surface area contributed by atoms with Gasteiger partial charge in [-0.05, 0) is 54.1 Å². The molecule has 4 aliphatic rings. The van der Waals surface area contributed by atoms with Crippen LogP contribution in [-0.2, 0) is 22.6 Å². The Labute approximate surface area is 178 Å². The van der Waals surface area contributed by atoms with Crippen molar-refractivity contribution in [3.05, 3.63) is 35.5 Å². The first-order valence-corrected chi connectivity index (χ1v) is 11.5. The number of aromatic amines is 1. The number of carbonyl (C=O) groups is 2. The highest BCUT2D eigenvalue weighted by Crippen LogP contribution is 2.61. The van der Waals surface area contributed by atoms with Gasteiger partial charge < -0.3 is 15.2 Å². The Morgan fingerprint density at radius 2 is 2.00 bits per heavy atom. The van der Waals surface area contributed by atoms with Crippen LogP contribution in [0, 0.1) is 23.2 Å². The monoisotopic (exact) mass is 407 g/mol. The van der Waals surface area contributed by atoms with E-state index >= 15 is 0 Å². The smallest absolute Gasteiger partial charge is 0.223 e. The number of H-pyrrole nitrogens is 1. The predicted octanol–water partition coefficient (Wildman–Crippen LogP) is 4.02. The third-order valence-electron chi connectivity index (χ3n) is 8.50. The molecule has 2 heterocycles. The Morgan fingerprint density at radius 3 is 2.77 bits per heavy atom. The van der Waals surface area contributed by atoms with E-state index in [4.69, 9.17) is 0 Å². The highest BCUT2D eigenvalue weighted by Gasteiger charge is 2.56. The van der Waals surface area contributed by atoms with Crippen LogP contribution in [0.15, 0.2) is 24.3 Å². The van der Waals surface area contributed by atoms with Crippen LogP contribution in [0.2, 0.25) is 0 Å². The molecule has 30 heavy (non-hydrogen) atoms. The predicted molar refractivity (Wildman–Crippen MR) is 118 cm³/mol. The van der Waals surface area contributed by atoms with E-state index < -0.39 is 0 Å². The van der Waals surface area contributed by atoms with Crippen LogP contribution in [-0.4, -0.2) is 34.3 Å². The average molecular weight is 408 g/mol. The van der Waals surface area contributed by atoms with Crippen molar-refractivity contribution < 1.29 is 9.59 Å². The van der Waals surface area contributed by atoms with Gasteiger partial charge in [0.1, 0.15) is 0 Å². The fourth-order valence-electron chi connectivity index (χ4n) is 6.40. The van der Waals surface area contributed by atoms with Crippen LogP contribution in [0.4, 0.5) is 0 Å². The van der Waals surface area contributed by atoms with Gasteiger partial charge in [-0.1, -0.05) is 39.0 Å². The van der Waals surface area contributed by atoms with Crippen LogP contribution in [0.3, 0.4) is 0 Å². The standard InChI is InChI=1S/C25H33N3O2/c1-15-19-12-16(25(19,2)3)13-21(15)27-23(29)8-9-24(30)28-11-10-18-17-6-4-5-7-20(17)26-22(18)14-28/h4-7,15-16,19,21,26H,8-14H2,1-3H3,(H,27,29)/t15-,16+,19-,21-/m1/s1. The van der Waals surface area contributed by atoms with Gasteiger partial charge in [-0.3, -0.25) is 9.59 Å². The molecule has 6 rings (SSSR count). The van der Waals surface area contributed by atoms with Gasteiger partial charge in [0, 0.05) is 42.0 Å². The number of amides is 2. The Kier molecular flexibility index (Phi) is 4.68. The number of aromatic nitrogens is 1. The number of rotatable bonds is 4. The third kappa shape index (κ3) is 3.14. The molecule has 1 aromatic heterocycles. The Morgan fingerprint density at radius 1 is 1.20 bits per heavy atom. The molecule has 2 amide bonds. The van der Waals surface area contributed by atoms with Gasteiger partial charge in [0.2, 0.25) is 11.8 Å². The maximum Gasteiger partial charge on any atom is 0.223 e. The summed E-state index contributed by atoms with van der Waals surface area (Å²) in [6, 6.07) is 8.59. The van der Waals surface area contributed by atoms with Gasteiger partial charge in [0.05, 0.1) is 6.54 Å². The van der Waals surface area contributed by atoms with E-state index in [0.29, 0.717) is 30.2 Å². The van der Waals surface area contributed by atoms with E-state index in [1.165, 1.54) is 17.4 Å². The molecule has 1 aliphatic heterocycles. The third-order valence-corrected chi connectivity index (χ3v) is 8.50. The largest absolute Gasteiger partial charge is 0.357 e. The second-order valence-electron chi connectivity index (χ2n) is 10.3. The van der Waals surface area contributed by atoms with Crippen molar-refractivity contribution >= 4 is 22.7 Å². The number of para-hydroxylation sites is 1. The van der Waals surface area contributed by atoms with Gasteiger partial charge in [-0.2, -0.15) is 0 Å². The molecule has 5 nitrogen and oxygen atoms in total. The number of hydrogen-bond acceptors (Lipinski definition) is 2. The second-order valence-corrected chi connectivity index (χ2v) is 10.3. The first-order valence-electron chi connectivity index (χ1n) is 11.5. The fraction of sp³-hybridized carbons (Fsp3) is 0.600. The molecule has 3 aliphatic carbocycles. The lowest BCUT2D eigenvalue weighted by molar-refractivity contribution is -0.137. The topological polar surface area (TPSA) is 65.2 Å².